The van der Waals surface area contributed by atoms with E-state index in [0.717, 1.165) is 32.1 Å². The van der Waals surface area contributed by atoms with Crippen LogP contribution in [0.4, 0.5) is 10.5 Å². The van der Waals surface area contributed by atoms with Crippen molar-refractivity contribution in [1.82, 2.24) is 20.4 Å². The first-order valence-corrected chi connectivity index (χ1v) is 13.9. The van der Waals surface area contributed by atoms with Crippen molar-refractivity contribution in [2.45, 2.75) is 90.4 Å². The van der Waals surface area contributed by atoms with Crippen LogP contribution in [-0.4, -0.2) is 58.3 Å². The summed E-state index contributed by atoms with van der Waals surface area (Å²) in [5.74, 6) is -1.32. The van der Waals surface area contributed by atoms with Gasteiger partial charge >= 0.3 is 12.1 Å². The second-order valence-electron chi connectivity index (χ2n) is 11.2. The van der Waals surface area contributed by atoms with Crippen molar-refractivity contribution in [2.75, 3.05) is 12.4 Å². The number of ether oxygens (including phenoxy) is 2. The molecule has 1 aliphatic rings. The summed E-state index contributed by atoms with van der Waals surface area (Å²) in [4.78, 5) is 49.9. The van der Waals surface area contributed by atoms with E-state index in [9.17, 15) is 19.2 Å². The molecular formula is C30H41N5O6. The van der Waals surface area contributed by atoms with E-state index in [1.165, 1.54) is 25.6 Å². The summed E-state index contributed by atoms with van der Waals surface area (Å²) in [6.07, 6.45) is 8.89. The Morgan fingerprint density at radius 2 is 1.71 bits per heavy atom. The lowest BCUT2D eigenvalue weighted by Gasteiger charge is -2.25. The van der Waals surface area contributed by atoms with Crippen LogP contribution < -0.4 is 16.0 Å². The second kappa shape index (κ2) is 14.0. The van der Waals surface area contributed by atoms with Gasteiger partial charge in [0.05, 0.1) is 36.6 Å². The average molecular weight is 568 g/mol. The number of nitrogens with one attached hydrogen (secondary N) is 3. The molecule has 2 aromatic rings. The molecule has 3 rings (SSSR count). The number of alkyl carbamates (subject to hydrolysis) is 1. The van der Waals surface area contributed by atoms with Gasteiger partial charge in [-0.05, 0) is 59.6 Å². The van der Waals surface area contributed by atoms with Crippen LogP contribution in [0.25, 0.3) is 11.3 Å². The van der Waals surface area contributed by atoms with Crippen molar-refractivity contribution in [3.8, 4) is 11.3 Å². The zero-order chi connectivity index (χ0) is 30.2. The van der Waals surface area contributed by atoms with E-state index in [-0.39, 0.29) is 11.8 Å². The quantitative estimate of drug-likeness (QED) is 0.276. The number of carbonyl (C=O) groups is 4. The predicted molar refractivity (Wildman–Crippen MR) is 155 cm³/mol. The van der Waals surface area contributed by atoms with Gasteiger partial charge in [0.1, 0.15) is 11.6 Å². The molecule has 0 bridgehead atoms. The number of anilines is 1. The van der Waals surface area contributed by atoms with E-state index in [4.69, 9.17) is 9.47 Å². The SMILES string of the molecule is COC(=O)[C@H](C)NC(=O)c1cnn(C2CCCCC2)c1-c1ccccc1N/C=C\C(=O)[C@H](C)NC(=O)OC(C)(C)C. The number of nitrogens with zero attached hydrogens (tertiary/aromatic N) is 2. The first-order valence-electron chi connectivity index (χ1n) is 13.9. The summed E-state index contributed by atoms with van der Waals surface area (Å²) < 4.78 is 11.9. The fraction of sp³-hybridized carbons (Fsp3) is 0.500. The predicted octanol–water partition coefficient (Wildman–Crippen LogP) is 4.75. The van der Waals surface area contributed by atoms with Crippen LogP contribution in [-0.2, 0) is 19.1 Å². The summed E-state index contributed by atoms with van der Waals surface area (Å²) in [5, 5.41) is 13.0. The minimum Gasteiger partial charge on any atom is -0.467 e. The molecule has 1 fully saturated rings. The number of rotatable bonds is 10. The number of carbonyl (C=O) groups excluding carboxylic acids is 4. The van der Waals surface area contributed by atoms with Gasteiger partial charge in [-0.15, -0.1) is 0 Å². The van der Waals surface area contributed by atoms with Crippen molar-refractivity contribution >= 4 is 29.4 Å². The van der Waals surface area contributed by atoms with Crippen molar-refractivity contribution in [3.63, 3.8) is 0 Å². The van der Waals surface area contributed by atoms with Gasteiger partial charge in [-0.25, -0.2) is 9.59 Å². The number of hydrogen-bond donors (Lipinski definition) is 3. The van der Waals surface area contributed by atoms with E-state index in [1.807, 2.05) is 28.9 Å². The zero-order valence-corrected chi connectivity index (χ0v) is 24.7. The van der Waals surface area contributed by atoms with Crippen LogP contribution >= 0.6 is 0 Å². The molecule has 1 aliphatic carbocycles. The lowest BCUT2D eigenvalue weighted by Crippen LogP contribution is -2.41. The van der Waals surface area contributed by atoms with Crippen molar-refractivity contribution in [2.24, 2.45) is 0 Å². The Balaban J connectivity index is 1.87. The van der Waals surface area contributed by atoms with Gasteiger partial charge in [-0.1, -0.05) is 37.5 Å². The smallest absolute Gasteiger partial charge is 0.408 e. The van der Waals surface area contributed by atoms with Crippen LogP contribution in [0.15, 0.2) is 42.7 Å². The van der Waals surface area contributed by atoms with Crippen molar-refractivity contribution in [3.05, 3.63) is 48.3 Å². The number of hydrogen-bond acceptors (Lipinski definition) is 8. The lowest BCUT2D eigenvalue weighted by atomic mass is 9.94. The number of methoxy groups -OCH3 is 1. The van der Waals surface area contributed by atoms with Crippen LogP contribution in [0.3, 0.4) is 0 Å². The first-order chi connectivity index (χ1) is 19.4. The molecule has 2 atom stereocenters. The summed E-state index contributed by atoms with van der Waals surface area (Å²) in [6.45, 7) is 8.37. The highest BCUT2D eigenvalue weighted by Gasteiger charge is 2.28. The molecule has 1 aromatic heterocycles. The van der Waals surface area contributed by atoms with Gasteiger partial charge in [0, 0.05) is 17.5 Å². The van der Waals surface area contributed by atoms with Crippen LogP contribution in [0.5, 0.6) is 0 Å². The second-order valence-corrected chi connectivity index (χ2v) is 11.2. The maximum absolute atomic E-state index is 13.3. The van der Waals surface area contributed by atoms with Gasteiger partial charge in [0.15, 0.2) is 5.78 Å². The molecule has 2 amide bonds. The highest BCUT2D eigenvalue weighted by atomic mass is 16.6. The van der Waals surface area contributed by atoms with E-state index in [2.05, 4.69) is 21.0 Å². The zero-order valence-electron chi connectivity index (χ0n) is 24.7. The van der Waals surface area contributed by atoms with Crippen molar-refractivity contribution in [1.29, 1.82) is 0 Å². The number of aromatic nitrogens is 2. The Hall–Kier alpha value is -4.15. The minimum absolute atomic E-state index is 0.128. The maximum Gasteiger partial charge on any atom is 0.408 e. The average Bonchev–Trinajstić information content (AvgIpc) is 3.37. The minimum atomic E-state index is -0.836. The molecule has 11 heteroatoms. The first kappa shape index (κ1) is 31.4. The number of ketones is 1. The number of para-hydroxylation sites is 1. The lowest BCUT2D eigenvalue weighted by molar-refractivity contribution is -0.142. The highest BCUT2D eigenvalue weighted by Crippen LogP contribution is 2.37. The molecule has 0 saturated heterocycles. The van der Waals surface area contributed by atoms with Crippen LogP contribution in [0.1, 0.15) is 83.1 Å². The largest absolute Gasteiger partial charge is 0.467 e. The van der Waals surface area contributed by atoms with Crippen molar-refractivity contribution < 1.29 is 28.7 Å². The molecule has 41 heavy (non-hydrogen) atoms. The van der Waals surface area contributed by atoms with Crippen LogP contribution in [0.2, 0.25) is 0 Å². The normalized spacial score (nSPS) is 15.6. The fourth-order valence-corrected chi connectivity index (χ4v) is 4.64. The topological polar surface area (TPSA) is 141 Å². The molecule has 3 N–H and O–H groups in total. The molecular weight excluding hydrogens is 526 g/mol. The molecule has 11 nitrogen and oxygen atoms in total. The molecule has 0 radical (unpaired) electrons. The molecule has 0 spiro atoms. The number of amides is 2. The maximum atomic E-state index is 13.3. The summed E-state index contributed by atoms with van der Waals surface area (Å²) in [6, 6.07) is 5.91. The van der Waals surface area contributed by atoms with Crippen LogP contribution in [0, 0.1) is 0 Å². The Morgan fingerprint density at radius 1 is 1.02 bits per heavy atom. The monoisotopic (exact) mass is 567 g/mol. The Labute approximate surface area is 241 Å². The standard InChI is InChI=1S/C30H41N5O6/c1-19(34-29(39)41-30(3,4)5)25(36)16-17-31-24-15-11-10-14-22(24)26-23(27(37)33-20(2)28(38)40-6)18-32-35(26)21-12-8-7-9-13-21/h10-11,14-21,31H,7-9,12-13H2,1-6H3,(H,33,37)(H,34,39)/b17-16-/t19-,20-/m0/s1. The van der Waals surface area contributed by atoms with E-state index < -0.39 is 35.7 Å². The summed E-state index contributed by atoms with van der Waals surface area (Å²) in [5.41, 5.74) is 1.64. The Kier molecular flexibility index (Phi) is 10.7. The molecule has 0 unspecified atom stereocenters. The molecule has 1 heterocycles. The third-order valence-corrected chi connectivity index (χ3v) is 6.69. The van der Waals surface area contributed by atoms with Gasteiger partial charge in [0.25, 0.3) is 5.91 Å². The fourth-order valence-electron chi connectivity index (χ4n) is 4.64. The molecule has 1 aromatic carbocycles. The van der Waals surface area contributed by atoms with Gasteiger partial charge < -0.3 is 25.4 Å². The molecule has 222 valence electrons. The van der Waals surface area contributed by atoms with Gasteiger partial charge in [0.2, 0.25) is 0 Å². The molecule has 1 saturated carbocycles. The van der Waals surface area contributed by atoms with E-state index in [1.54, 1.807) is 34.6 Å². The third kappa shape index (κ3) is 8.67. The van der Waals surface area contributed by atoms with Gasteiger partial charge in [-0.2, -0.15) is 5.10 Å². The Morgan fingerprint density at radius 3 is 2.37 bits per heavy atom. The number of benzene rings is 1. The summed E-state index contributed by atoms with van der Waals surface area (Å²) >= 11 is 0. The summed E-state index contributed by atoms with van der Waals surface area (Å²) in [7, 11) is 1.27. The van der Waals surface area contributed by atoms with Gasteiger partial charge in [-0.3, -0.25) is 14.3 Å². The molecule has 0 aliphatic heterocycles. The third-order valence-electron chi connectivity index (χ3n) is 6.69. The number of esters is 1. The van der Waals surface area contributed by atoms with E-state index in [0.29, 0.717) is 22.5 Å². The Bertz CT molecular complexity index is 1270. The highest BCUT2D eigenvalue weighted by molar-refractivity contribution is 6.03. The van der Waals surface area contributed by atoms with E-state index >= 15 is 0 Å².